The van der Waals surface area contributed by atoms with Gasteiger partial charge < -0.3 is 9.47 Å². The number of ketones is 1. The van der Waals surface area contributed by atoms with E-state index in [0.29, 0.717) is 11.5 Å². The standard InChI is InChI=1S/C15H10BrClO4/c1-20-15(19)14(18)12-7-6-11(8-13(12)17)21-10-4-2-9(16)3-5-10/h2-8H,1H3. The molecule has 0 saturated heterocycles. The molecule has 6 heteroatoms. The maximum atomic E-state index is 11.7. The maximum Gasteiger partial charge on any atom is 0.379 e. The molecule has 0 aliphatic carbocycles. The highest BCUT2D eigenvalue weighted by atomic mass is 79.9. The first-order valence-corrected chi connectivity index (χ1v) is 7.04. The third-order valence-electron chi connectivity index (χ3n) is 2.61. The highest BCUT2D eigenvalue weighted by molar-refractivity contribution is 9.10. The van der Waals surface area contributed by atoms with Crippen molar-refractivity contribution >= 4 is 39.3 Å². The number of benzene rings is 2. The quantitative estimate of drug-likeness (QED) is 0.459. The fourth-order valence-corrected chi connectivity index (χ4v) is 2.11. The molecule has 0 aromatic heterocycles. The van der Waals surface area contributed by atoms with Gasteiger partial charge in [-0.2, -0.15) is 0 Å². The fourth-order valence-electron chi connectivity index (χ4n) is 1.58. The molecule has 0 aliphatic rings. The van der Waals surface area contributed by atoms with Crippen LogP contribution in [0.5, 0.6) is 11.5 Å². The summed E-state index contributed by atoms with van der Waals surface area (Å²) in [6, 6.07) is 11.7. The Morgan fingerprint density at radius 2 is 1.67 bits per heavy atom. The van der Waals surface area contributed by atoms with Crippen molar-refractivity contribution in [2.45, 2.75) is 0 Å². The summed E-state index contributed by atoms with van der Waals surface area (Å²) in [5.41, 5.74) is 0.0756. The minimum absolute atomic E-state index is 0.0756. The first-order chi connectivity index (χ1) is 10.0. The molecule has 0 bridgehead atoms. The number of hydrogen-bond donors (Lipinski definition) is 0. The van der Waals surface area contributed by atoms with Gasteiger partial charge in [-0.05, 0) is 36.4 Å². The predicted octanol–water partition coefficient (Wildman–Crippen LogP) is 4.25. The Hall–Kier alpha value is -1.85. The molecule has 0 saturated carbocycles. The van der Waals surface area contributed by atoms with E-state index in [1.807, 2.05) is 12.1 Å². The topological polar surface area (TPSA) is 52.6 Å². The second-order valence-electron chi connectivity index (χ2n) is 4.02. The first-order valence-electron chi connectivity index (χ1n) is 5.87. The molecule has 2 aromatic rings. The third kappa shape index (κ3) is 3.83. The van der Waals surface area contributed by atoms with E-state index < -0.39 is 11.8 Å². The number of carbonyl (C=O) groups is 2. The summed E-state index contributed by atoms with van der Waals surface area (Å²) in [4.78, 5) is 22.9. The van der Waals surface area contributed by atoms with E-state index in [2.05, 4.69) is 20.7 Å². The van der Waals surface area contributed by atoms with Gasteiger partial charge in [-0.1, -0.05) is 27.5 Å². The largest absolute Gasteiger partial charge is 0.463 e. The van der Waals surface area contributed by atoms with Crippen molar-refractivity contribution in [3.05, 3.63) is 57.5 Å². The van der Waals surface area contributed by atoms with E-state index in [1.165, 1.54) is 12.1 Å². The van der Waals surface area contributed by atoms with E-state index in [9.17, 15) is 9.59 Å². The molecule has 0 radical (unpaired) electrons. The van der Waals surface area contributed by atoms with Crippen LogP contribution in [0.15, 0.2) is 46.9 Å². The van der Waals surface area contributed by atoms with Crippen molar-refractivity contribution in [3.8, 4) is 11.5 Å². The molecule has 2 rings (SSSR count). The number of ether oxygens (including phenoxy) is 2. The first kappa shape index (κ1) is 15.5. The van der Waals surface area contributed by atoms with E-state index in [0.717, 1.165) is 11.6 Å². The van der Waals surface area contributed by atoms with Crippen molar-refractivity contribution in [3.63, 3.8) is 0 Å². The molecule has 0 aliphatic heterocycles. The monoisotopic (exact) mass is 368 g/mol. The number of halogens is 2. The van der Waals surface area contributed by atoms with Crippen LogP contribution in [0, 0.1) is 0 Å². The predicted molar refractivity (Wildman–Crippen MR) is 82.0 cm³/mol. The molecule has 0 heterocycles. The van der Waals surface area contributed by atoms with Gasteiger partial charge >= 0.3 is 5.97 Å². The molecule has 108 valence electrons. The summed E-state index contributed by atoms with van der Waals surface area (Å²) in [6.07, 6.45) is 0. The van der Waals surface area contributed by atoms with E-state index in [-0.39, 0.29) is 10.6 Å². The maximum absolute atomic E-state index is 11.7. The second-order valence-corrected chi connectivity index (χ2v) is 5.34. The Bertz CT molecular complexity index is 683. The molecule has 0 atom stereocenters. The summed E-state index contributed by atoms with van der Waals surface area (Å²) in [5.74, 6) is -0.666. The van der Waals surface area contributed by atoms with Crippen molar-refractivity contribution in [2.75, 3.05) is 7.11 Å². The highest BCUT2D eigenvalue weighted by Gasteiger charge is 2.20. The molecule has 0 amide bonds. The number of Topliss-reactive ketones (excluding diaryl/α,β-unsaturated/α-hetero) is 1. The lowest BCUT2D eigenvalue weighted by Gasteiger charge is -2.08. The Balaban J connectivity index is 2.21. The average Bonchev–Trinajstić information content (AvgIpc) is 2.48. The smallest absolute Gasteiger partial charge is 0.379 e. The van der Waals surface area contributed by atoms with Gasteiger partial charge in [0.05, 0.1) is 12.1 Å². The van der Waals surface area contributed by atoms with Gasteiger partial charge in [-0.25, -0.2) is 4.79 Å². The Labute approximate surface area is 134 Å². The Morgan fingerprint density at radius 3 is 2.24 bits per heavy atom. The fraction of sp³-hybridized carbons (Fsp3) is 0.0667. The van der Waals surface area contributed by atoms with Crippen LogP contribution in [0.25, 0.3) is 0 Å². The van der Waals surface area contributed by atoms with Crippen LogP contribution in [0.4, 0.5) is 0 Å². The second kappa shape index (κ2) is 6.74. The normalized spacial score (nSPS) is 10.0. The Kier molecular flexibility index (Phi) is 4.98. The van der Waals surface area contributed by atoms with Crippen LogP contribution in [-0.4, -0.2) is 18.9 Å². The number of hydrogen-bond acceptors (Lipinski definition) is 4. The van der Waals surface area contributed by atoms with E-state index in [1.54, 1.807) is 18.2 Å². The number of carbonyl (C=O) groups excluding carboxylic acids is 2. The summed E-state index contributed by atoms with van der Waals surface area (Å²) < 4.78 is 10.9. The summed E-state index contributed by atoms with van der Waals surface area (Å²) >= 11 is 9.33. The van der Waals surface area contributed by atoms with Crippen LogP contribution in [0.2, 0.25) is 5.02 Å². The zero-order valence-corrected chi connectivity index (χ0v) is 13.3. The van der Waals surface area contributed by atoms with Crippen LogP contribution in [0.1, 0.15) is 10.4 Å². The molecular formula is C15H10BrClO4. The Morgan fingerprint density at radius 1 is 1.05 bits per heavy atom. The number of esters is 1. The lowest BCUT2D eigenvalue weighted by Crippen LogP contribution is -2.16. The number of rotatable bonds is 4. The molecule has 0 unspecified atom stereocenters. The number of methoxy groups -OCH3 is 1. The van der Waals surface area contributed by atoms with Crippen LogP contribution in [-0.2, 0) is 9.53 Å². The molecule has 4 nitrogen and oxygen atoms in total. The minimum atomic E-state index is -0.960. The van der Waals surface area contributed by atoms with Gasteiger partial charge in [0.25, 0.3) is 5.78 Å². The summed E-state index contributed by atoms with van der Waals surface area (Å²) in [6.45, 7) is 0. The van der Waals surface area contributed by atoms with Crippen LogP contribution < -0.4 is 4.74 Å². The highest BCUT2D eigenvalue weighted by Crippen LogP contribution is 2.28. The third-order valence-corrected chi connectivity index (χ3v) is 3.45. The molecule has 0 spiro atoms. The van der Waals surface area contributed by atoms with Gasteiger partial charge in [-0.3, -0.25) is 4.79 Å². The van der Waals surface area contributed by atoms with E-state index in [4.69, 9.17) is 16.3 Å². The summed E-state index contributed by atoms with van der Waals surface area (Å²) in [7, 11) is 1.14. The van der Waals surface area contributed by atoms with Gasteiger partial charge in [0, 0.05) is 16.1 Å². The lowest BCUT2D eigenvalue weighted by molar-refractivity contribution is -0.135. The van der Waals surface area contributed by atoms with Crippen LogP contribution in [0.3, 0.4) is 0 Å². The molecular weight excluding hydrogens is 360 g/mol. The van der Waals surface area contributed by atoms with Crippen molar-refractivity contribution in [1.82, 2.24) is 0 Å². The molecule has 0 N–H and O–H groups in total. The van der Waals surface area contributed by atoms with Gasteiger partial charge in [0.15, 0.2) is 0 Å². The van der Waals surface area contributed by atoms with Gasteiger partial charge in [0.1, 0.15) is 11.5 Å². The van der Waals surface area contributed by atoms with Crippen molar-refractivity contribution in [1.29, 1.82) is 0 Å². The zero-order valence-electron chi connectivity index (χ0n) is 10.9. The SMILES string of the molecule is COC(=O)C(=O)c1ccc(Oc2ccc(Br)cc2)cc1Cl. The molecule has 0 fully saturated rings. The van der Waals surface area contributed by atoms with Crippen LogP contribution >= 0.6 is 27.5 Å². The van der Waals surface area contributed by atoms with Crippen molar-refractivity contribution in [2.24, 2.45) is 0 Å². The summed E-state index contributed by atoms with van der Waals surface area (Å²) in [5, 5.41) is 0.125. The minimum Gasteiger partial charge on any atom is -0.463 e. The van der Waals surface area contributed by atoms with E-state index >= 15 is 0 Å². The lowest BCUT2D eigenvalue weighted by atomic mass is 10.1. The molecule has 21 heavy (non-hydrogen) atoms. The van der Waals surface area contributed by atoms with Gasteiger partial charge in [0.2, 0.25) is 0 Å². The van der Waals surface area contributed by atoms with Crippen molar-refractivity contribution < 1.29 is 19.1 Å². The molecule has 2 aromatic carbocycles. The average molecular weight is 370 g/mol. The van der Waals surface area contributed by atoms with Gasteiger partial charge in [-0.15, -0.1) is 0 Å². The zero-order chi connectivity index (χ0) is 15.4.